The summed E-state index contributed by atoms with van der Waals surface area (Å²) < 4.78 is 71.0. The fourth-order valence-corrected chi connectivity index (χ4v) is 5.99. The monoisotopic (exact) mass is 483 g/mol. The lowest BCUT2D eigenvalue weighted by Crippen LogP contribution is -2.44. The maximum Gasteiger partial charge on any atom is 0.310 e. The Balaban J connectivity index is 1.83. The molecular weight excluding hydrogens is 449 g/mol. The molecule has 0 aliphatic heterocycles. The second kappa shape index (κ2) is 9.12. The molecule has 32 heavy (non-hydrogen) atoms. The number of carbonyl (C=O) groups is 1. The molecule has 0 saturated heterocycles. The average Bonchev–Trinajstić information content (AvgIpc) is 2.72. The fraction of sp³-hybridized carbons (Fsp3) is 0.696. The van der Waals surface area contributed by atoms with E-state index in [9.17, 15) is 24.2 Å². The van der Waals surface area contributed by atoms with Crippen LogP contribution in [0.25, 0.3) is 0 Å². The van der Waals surface area contributed by atoms with Crippen molar-refractivity contribution in [3.63, 3.8) is 0 Å². The van der Waals surface area contributed by atoms with Crippen LogP contribution < -0.4 is 5.32 Å². The highest BCUT2D eigenvalue weighted by Gasteiger charge is 2.65. The smallest absolute Gasteiger partial charge is 0.310 e. The highest BCUT2D eigenvalue weighted by atomic mass is 32.5. The van der Waals surface area contributed by atoms with E-state index >= 15 is 0 Å². The summed E-state index contributed by atoms with van der Waals surface area (Å²) in [6.45, 7) is 2.82. The predicted molar refractivity (Wildman–Crippen MR) is 118 cm³/mol. The summed E-state index contributed by atoms with van der Waals surface area (Å²) in [4.78, 5) is 10.3. The van der Waals surface area contributed by atoms with Gasteiger partial charge in [-0.05, 0) is 68.7 Å². The SMILES string of the molecule is CCOC(=O)C[C@H]1CCC[C@@H](NCC2CCCCC2)[C@@H]1c1ccc(S(F)(F)(F)(F)F)cc1. The number of rotatable bonds is 8. The molecule has 0 spiro atoms. The minimum Gasteiger partial charge on any atom is -0.466 e. The van der Waals surface area contributed by atoms with Gasteiger partial charge in [-0.1, -0.05) is 57.2 Å². The molecule has 2 aliphatic carbocycles. The van der Waals surface area contributed by atoms with Crippen LogP contribution >= 0.6 is 10.2 Å². The zero-order valence-electron chi connectivity index (χ0n) is 18.5. The van der Waals surface area contributed by atoms with E-state index in [1.54, 1.807) is 6.92 Å². The number of benzene rings is 1. The van der Waals surface area contributed by atoms with Gasteiger partial charge < -0.3 is 10.1 Å². The van der Waals surface area contributed by atoms with Crippen molar-refractivity contribution in [2.24, 2.45) is 11.8 Å². The van der Waals surface area contributed by atoms with Gasteiger partial charge in [-0.2, -0.15) is 0 Å². The Morgan fingerprint density at radius 2 is 1.62 bits per heavy atom. The van der Waals surface area contributed by atoms with Crippen LogP contribution in [0.5, 0.6) is 0 Å². The molecular formula is C23H34F5NO2S. The molecule has 3 nitrogen and oxygen atoms in total. The number of hydrogen-bond acceptors (Lipinski definition) is 3. The topological polar surface area (TPSA) is 38.3 Å². The second-order valence-electron chi connectivity index (χ2n) is 9.28. The Hall–Kier alpha value is -1.35. The zero-order chi connectivity index (χ0) is 23.5. The Labute approximate surface area is 187 Å². The van der Waals surface area contributed by atoms with Crippen LogP contribution in [0, 0.1) is 11.8 Å². The van der Waals surface area contributed by atoms with E-state index in [1.807, 2.05) is 0 Å². The molecule has 1 aromatic rings. The lowest BCUT2D eigenvalue weighted by molar-refractivity contribution is -0.144. The summed E-state index contributed by atoms with van der Waals surface area (Å²) in [7, 11) is -9.72. The van der Waals surface area contributed by atoms with Crippen LogP contribution in [0.2, 0.25) is 0 Å². The van der Waals surface area contributed by atoms with Crippen molar-refractivity contribution < 1.29 is 29.0 Å². The molecule has 2 aliphatic rings. The van der Waals surface area contributed by atoms with Gasteiger partial charge in [-0.3, -0.25) is 4.79 Å². The molecule has 0 unspecified atom stereocenters. The van der Waals surface area contributed by atoms with E-state index in [1.165, 1.54) is 19.3 Å². The molecule has 2 fully saturated rings. The fourth-order valence-electron chi connectivity index (χ4n) is 5.34. The van der Waals surface area contributed by atoms with Gasteiger partial charge in [0.15, 0.2) is 0 Å². The van der Waals surface area contributed by atoms with Gasteiger partial charge in [0.25, 0.3) is 0 Å². The first-order valence-electron chi connectivity index (χ1n) is 11.6. The van der Waals surface area contributed by atoms with Crippen molar-refractivity contribution in [1.82, 2.24) is 5.32 Å². The second-order valence-corrected chi connectivity index (χ2v) is 11.7. The Kier molecular flexibility index (Phi) is 7.21. The molecule has 0 amide bonds. The standard InChI is InChI=1S/C23H34F5NO2S/c1-2-31-22(30)15-19-9-6-10-21(29-16-17-7-4-3-5-8-17)23(19)18-11-13-20(14-12-18)32(24,25,26,27)28/h11-14,17,19,21,23,29H,2-10,15-16H2,1H3/t19-,21-,23-/m1/s1. The summed E-state index contributed by atoms with van der Waals surface area (Å²) in [5.41, 5.74) is 0.561. The van der Waals surface area contributed by atoms with Gasteiger partial charge in [0, 0.05) is 18.4 Å². The lowest BCUT2D eigenvalue weighted by atomic mass is 9.71. The molecule has 3 atom stereocenters. The molecule has 3 rings (SSSR count). The molecule has 0 bridgehead atoms. The van der Waals surface area contributed by atoms with Crippen molar-refractivity contribution in [1.29, 1.82) is 0 Å². The molecule has 2 saturated carbocycles. The minimum absolute atomic E-state index is 0.0177. The van der Waals surface area contributed by atoms with Gasteiger partial charge in [0.2, 0.25) is 0 Å². The highest BCUT2D eigenvalue weighted by molar-refractivity contribution is 8.45. The highest BCUT2D eigenvalue weighted by Crippen LogP contribution is 3.02. The molecule has 9 heteroatoms. The molecule has 0 heterocycles. The third-order valence-corrected chi connectivity index (χ3v) is 8.03. The Morgan fingerprint density at radius 1 is 0.969 bits per heavy atom. The zero-order valence-corrected chi connectivity index (χ0v) is 19.3. The summed E-state index contributed by atoms with van der Waals surface area (Å²) >= 11 is 0. The van der Waals surface area contributed by atoms with Crippen molar-refractivity contribution in [3.8, 4) is 0 Å². The number of esters is 1. The van der Waals surface area contributed by atoms with Crippen LogP contribution in [0.15, 0.2) is 29.2 Å². The Bertz CT molecular complexity index is 778. The molecule has 1 N–H and O–H groups in total. The van der Waals surface area contributed by atoms with Crippen LogP contribution in [0.4, 0.5) is 19.4 Å². The van der Waals surface area contributed by atoms with Gasteiger partial charge in [-0.15, -0.1) is 0 Å². The van der Waals surface area contributed by atoms with Crippen LogP contribution in [-0.4, -0.2) is 25.2 Å². The molecule has 0 radical (unpaired) electrons. The van der Waals surface area contributed by atoms with E-state index in [0.717, 1.165) is 50.8 Å². The summed E-state index contributed by atoms with van der Waals surface area (Å²) in [6, 6.07) is 3.29. The lowest BCUT2D eigenvalue weighted by Gasteiger charge is -2.42. The first kappa shape index (κ1) is 25.3. The minimum atomic E-state index is -9.72. The summed E-state index contributed by atoms with van der Waals surface area (Å²) in [5, 5.41) is 3.62. The van der Waals surface area contributed by atoms with Crippen molar-refractivity contribution >= 4 is 16.2 Å². The largest absolute Gasteiger partial charge is 0.466 e. The average molecular weight is 484 g/mol. The summed E-state index contributed by atoms with van der Waals surface area (Å²) in [5.74, 6) is -0.105. The van der Waals surface area contributed by atoms with Gasteiger partial charge in [0.1, 0.15) is 4.90 Å². The number of hydrogen-bond donors (Lipinski definition) is 1. The van der Waals surface area contributed by atoms with E-state index in [0.29, 0.717) is 23.6 Å². The first-order chi connectivity index (χ1) is 14.9. The third-order valence-electron chi connectivity index (χ3n) is 6.87. The van der Waals surface area contributed by atoms with Gasteiger partial charge >= 0.3 is 16.2 Å². The van der Waals surface area contributed by atoms with Crippen LogP contribution in [0.3, 0.4) is 0 Å². The van der Waals surface area contributed by atoms with Crippen molar-refractivity contribution in [3.05, 3.63) is 29.8 Å². The quantitative estimate of drug-likeness (QED) is 0.304. The maximum atomic E-state index is 13.2. The maximum absolute atomic E-state index is 13.2. The third kappa shape index (κ3) is 6.83. The van der Waals surface area contributed by atoms with Crippen LogP contribution in [-0.2, 0) is 9.53 Å². The molecule has 1 aromatic carbocycles. The van der Waals surface area contributed by atoms with Crippen molar-refractivity contribution in [2.75, 3.05) is 13.2 Å². The van der Waals surface area contributed by atoms with E-state index in [2.05, 4.69) is 5.32 Å². The van der Waals surface area contributed by atoms with Crippen molar-refractivity contribution in [2.45, 2.75) is 81.6 Å². The summed E-state index contributed by atoms with van der Waals surface area (Å²) in [6.07, 6.45) is 8.64. The number of nitrogens with one attached hydrogen (secondary N) is 1. The van der Waals surface area contributed by atoms with E-state index in [4.69, 9.17) is 4.74 Å². The number of halogens is 5. The number of carbonyl (C=O) groups excluding carboxylic acids is 1. The normalized spacial score (nSPS) is 27.4. The Morgan fingerprint density at radius 3 is 2.22 bits per heavy atom. The van der Waals surface area contributed by atoms with Crippen LogP contribution in [0.1, 0.15) is 76.2 Å². The number of ether oxygens (including phenoxy) is 1. The van der Waals surface area contributed by atoms with Gasteiger partial charge in [-0.25, -0.2) is 0 Å². The molecule has 0 aromatic heterocycles. The van der Waals surface area contributed by atoms with Gasteiger partial charge in [0.05, 0.1) is 6.61 Å². The van der Waals surface area contributed by atoms with E-state index in [-0.39, 0.29) is 36.9 Å². The molecule has 184 valence electrons. The first-order valence-corrected chi connectivity index (χ1v) is 13.6. The predicted octanol–water partition coefficient (Wildman–Crippen LogP) is 7.72. The van der Waals surface area contributed by atoms with E-state index < -0.39 is 15.1 Å².